The minimum absolute atomic E-state index is 0.109. The number of aromatic nitrogens is 2. The van der Waals surface area contributed by atoms with Crippen LogP contribution in [-0.4, -0.2) is 22.8 Å². The first-order chi connectivity index (χ1) is 10.5. The summed E-state index contributed by atoms with van der Waals surface area (Å²) in [6.07, 6.45) is -1.58. The molecular formula is C14H11F3N4O. The number of pyridine rings is 2. The Kier molecular flexibility index (Phi) is 4.78. The number of hydrogen-bond donors (Lipinski definition) is 1. The molecule has 0 aliphatic rings. The highest BCUT2D eigenvalue weighted by Gasteiger charge is 2.29. The number of anilines is 1. The van der Waals surface area contributed by atoms with Crippen molar-refractivity contribution in [1.29, 1.82) is 5.26 Å². The van der Waals surface area contributed by atoms with Crippen molar-refractivity contribution in [1.82, 2.24) is 9.97 Å². The number of hydrogen-bond acceptors (Lipinski definition) is 5. The fourth-order valence-corrected chi connectivity index (χ4v) is 1.65. The minimum atomic E-state index is -4.43. The van der Waals surface area contributed by atoms with Crippen molar-refractivity contribution in [3.05, 3.63) is 47.8 Å². The number of halogens is 3. The SMILES string of the molecule is N#Cc1cccnc1NCc1cccnc1OCC(F)(F)F. The van der Waals surface area contributed by atoms with Gasteiger partial charge in [-0.3, -0.25) is 0 Å². The highest BCUT2D eigenvalue weighted by atomic mass is 19.4. The van der Waals surface area contributed by atoms with E-state index in [-0.39, 0.29) is 12.4 Å². The van der Waals surface area contributed by atoms with Crippen molar-refractivity contribution >= 4 is 5.82 Å². The van der Waals surface area contributed by atoms with Crippen LogP contribution in [0.4, 0.5) is 19.0 Å². The molecule has 0 aliphatic heterocycles. The first-order valence-corrected chi connectivity index (χ1v) is 6.22. The zero-order chi connectivity index (χ0) is 16.0. The molecule has 2 aromatic heterocycles. The van der Waals surface area contributed by atoms with Crippen LogP contribution in [0, 0.1) is 11.3 Å². The Morgan fingerprint density at radius 3 is 2.64 bits per heavy atom. The van der Waals surface area contributed by atoms with Crippen LogP contribution in [0.1, 0.15) is 11.1 Å². The Bertz CT molecular complexity index is 682. The molecule has 0 bridgehead atoms. The molecule has 8 heteroatoms. The van der Waals surface area contributed by atoms with Crippen molar-refractivity contribution < 1.29 is 17.9 Å². The molecule has 0 aliphatic carbocycles. The predicted octanol–water partition coefficient (Wildman–Crippen LogP) is 2.90. The fourth-order valence-electron chi connectivity index (χ4n) is 1.65. The lowest BCUT2D eigenvalue weighted by Crippen LogP contribution is -2.20. The second-order valence-electron chi connectivity index (χ2n) is 4.24. The first-order valence-electron chi connectivity index (χ1n) is 6.22. The van der Waals surface area contributed by atoms with Gasteiger partial charge in [-0.15, -0.1) is 0 Å². The normalized spacial score (nSPS) is 10.8. The third-order valence-electron chi connectivity index (χ3n) is 2.60. The van der Waals surface area contributed by atoms with Crippen molar-refractivity contribution in [2.75, 3.05) is 11.9 Å². The van der Waals surface area contributed by atoms with Gasteiger partial charge in [-0.2, -0.15) is 18.4 Å². The van der Waals surface area contributed by atoms with Gasteiger partial charge in [0.05, 0.1) is 5.56 Å². The van der Waals surface area contributed by atoms with Crippen molar-refractivity contribution in [3.63, 3.8) is 0 Å². The Morgan fingerprint density at radius 1 is 1.18 bits per heavy atom. The van der Waals surface area contributed by atoms with Gasteiger partial charge in [-0.1, -0.05) is 6.07 Å². The van der Waals surface area contributed by atoms with Gasteiger partial charge >= 0.3 is 6.18 Å². The largest absolute Gasteiger partial charge is 0.468 e. The number of nitriles is 1. The average Bonchev–Trinajstić information content (AvgIpc) is 2.51. The standard InChI is InChI=1S/C14H11F3N4O/c15-14(16,17)9-22-13-11(4-2-6-20-13)8-21-12-10(7-18)3-1-5-19-12/h1-6H,8-9H2,(H,19,21). The maximum atomic E-state index is 12.2. The van der Waals surface area contributed by atoms with E-state index in [2.05, 4.69) is 20.0 Å². The van der Waals surface area contributed by atoms with E-state index in [0.29, 0.717) is 16.9 Å². The van der Waals surface area contributed by atoms with Gasteiger partial charge in [0.2, 0.25) is 5.88 Å². The van der Waals surface area contributed by atoms with Gasteiger partial charge in [0.1, 0.15) is 11.9 Å². The minimum Gasteiger partial charge on any atom is -0.468 e. The molecule has 0 amide bonds. The average molecular weight is 308 g/mol. The van der Waals surface area contributed by atoms with Gasteiger partial charge in [0, 0.05) is 24.5 Å². The van der Waals surface area contributed by atoms with Crippen molar-refractivity contribution in [2.24, 2.45) is 0 Å². The summed E-state index contributed by atoms with van der Waals surface area (Å²) in [5.74, 6) is 0.234. The number of nitrogens with zero attached hydrogens (tertiary/aromatic N) is 3. The maximum Gasteiger partial charge on any atom is 0.422 e. The van der Waals surface area contributed by atoms with Crippen LogP contribution in [0.15, 0.2) is 36.7 Å². The number of ether oxygens (including phenoxy) is 1. The van der Waals surface area contributed by atoms with E-state index in [4.69, 9.17) is 5.26 Å². The van der Waals surface area contributed by atoms with Gasteiger partial charge in [0.15, 0.2) is 6.61 Å². The lowest BCUT2D eigenvalue weighted by Gasteiger charge is -2.13. The molecule has 0 unspecified atom stereocenters. The van der Waals surface area contributed by atoms with E-state index in [1.165, 1.54) is 12.4 Å². The monoisotopic (exact) mass is 308 g/mol. The molecule has 1 N–H and O–H groups in total. The Balaban J connectivity index is 2.08. The molecule has 0 saturated heterocycles. The lowest BCUT2D eigenvalue weighted by atomic mass is 10.2. The zero-order valence-corrected chi connectivity index (χ0v) is 11.3. The Hall–Kier alpha value is -2.82. The van der Waals surface area contributed by atoms with E-state index in [1.54, 1.807) is 24.3 Å². The Morgan fingerprint density at radius 2 is 1.91 bits per heavy atom. The third-order valence-corrected chi connectivity index (χ3v) is 2.60. The third kappa shape index (κ3) is 4.34. The molecular weight excluding hydrogens is 297 g/mol. The summed E-state index contributed by atoms with van der Waals surface area (Å²) < 4.78 is 41.3. The summed E-state index contributed by atoms with van der Waals surface area (Å²) in [5, 5.41) is 11.8. The van der Waals surface area contributed by atoms with Crippen molar-refractivity contribution in [3.8, 4) is 11.9 Å². The maximum absolute atomic E-state index is 12.2. The topological polar surface area (TPSA) is 70.8 Å². The molecule has 2 aromatic rings. The number of nitrogens with one attached hydrogen (secondary N) is 1. The molecule has 2 heterocycles. The van der Waals surface area contributed by atoms with E-state index in [0.717, 1.165) is 0 Å². The first kappa shape index (κ1) is 15.6. The highest BCUT2D eigenvalue weighted by Crippen LogP contribution is 2.21. The van der Waals surface area contributed by atoms with Crippen LogP contribution in [0.5, 0.6) is 5.88 Å². The fraction of sp³-hybridized carbons (Fsp3) is 0.214. The van der Waals surface area contributed by atoms with Crippen molar-refractivity contribution in [2.45, 2.75) is 12.7 Å². The van der Waals surface area contributed by atoms with Gasteiger partial charge in [-0.05, 0) is 18.2 Å². The van der Waals surface area contributed by atoms with Gasteiger partial charge in [0.25, 0.3) is 0 Å². The molecule has 2 rings (SSSR count). The summed E-state index contributed by atoms with van der Waals surface area (Å²) in [5.41, 5.74) is 0.769. The Labute approximate surface area is 124 Å². The van der Waals surface area contributed by atoms with Gasteiger partial charge < -0.3 is 10.1 Å². The second-order valence-corrected chi connectivity index (χ2v) is 4.24. The van der Waals surface area contributed by atoms with Crippen LogP contribution >= 0.6 is 0 Å². The van der Waals surface area contributed by atoms with E-state index in [9.17, 15) is 13.2 Å². The van der Waals surface area contributed by atoms with Crippen LogP contribution < -0.4 is 10.1 Å². The number of rotatable bonds is 5. The molecule has 22 heavy (non-hydrogen) atoms. The summed E-state index contributed by atoms with van der Waals surface area (Å²) in [6.45, 7) is -1.28. The van der Waals surface area contributed by atoms with E-state index < -0.39 is 12.8 Å². The molecule has 0 saturated carbocycles. The van der Waals surface area contributed by atoms with Gasteiger partial charge in [-0.25, -0.2) is 9.97 Å². The highest BCUT2D eigenvalue weighted by molar-refractivity contribution is 5.51. The van der Waals surface area contributed by atoms with E-state index in [1.807, 2.05) is 6.07 Å². The summed E-state index contributed by atoms with van der Waals surface area (Å²) in [6, 6.07) is 8.34. The van der Waals surface area contributed by atoms with Crippen LogP contribution in [0.2, 0.25) is 0 Å². The summed E-state index contributed by atoms with van der Waals surface area (Å²) in [7, 11) is 0. The van der Waals surface area contributed by atoms with Crippen LogP contribution in [0.3, 0.4) is 0 Å². The number of alkyl halides is 3. The summed E-state index contributed by atoms with van der Waals surface area (Å²) in [4.78, 5) is 7.79. The second kappa shape index (κ2) is 6.76. The predicted molar refractivity (Wildman–Crippen MR) is 72.1 cm³/mol. The summed E-state index contributed by atoms with van der Waals surface area (Å²) >= 11 is 0. The molecule has 0 atom stereocenters. The molecule has 0 radical (unpaired) electrons. The smallest absolute Gasteiger partial charge is 0.422 e. The quantitative estimate of drug-likeness (QED) is 0.919. The molecule has 0 aromatic carbocycles. The molecule has 114 valence electrons. The van der Waals surface area contributed by atoms with Crippen LogP contribution in [0.25, 0.3) is 0 Å². The molecule has 0 fully saturated rings. The van der Waals surface area contributed by atoms with Crippen LogP contribution in [-0.2, 0) is 6.54 Å². The zero-order valence-electron chi connectivity index (χ0n) is 11.3. The molecule has 5 nitrogen and oxygen atoms in total. The lowest BCUT2D eigenvalue weighted by molar-refractivity contribution is -0.154. The molecule has 0 spiro atoms. The van der Waals surface area contributed by atoms with E-state index >= 15 is 0 Å².